The van der Waals surface area contributed by atoms with E-state index in [2.05, 4.69) is 38.1 Å². The summed E-state index contributed by atoms with van der Waals surface area (Å²) in [5.74, 6) is 3.03. The molecule has 0 amide bonds. The minimum absolute atomic E-state index is 0.845. The molecule has 1 aromatic rings. The molecule has 0 heterocycles. The highest BCUT2D eigenvalue weighted by atomic mass is 16.5. The smallest absolute Gasteiger partial charge is 0.119 e. The maximum atomic E-state index is 5.75. The van der Waals surface area contributed by atoms with Gasteiger partial charge in [-0.25, -0.2) is 0 Å². The molecule has 1 aliphatic rings. The van der Waals surface area contributed by atoms with Gasteiger partial charge in [-0.3, -0.25) is 0 Å². The van der Waals surface area contributed by atoms with Gasteiger partial charge >= 0.3 is 0 Å². The van der Waals surface area contributed by atoms with Crippen LogP contribution in [0.5, 0.6) is 5.75 Å². The molecule has 0 bridgehead atoms. The lowest BCUT2D eigenvalue weighted by atomic mass is 9.78. The molecule has 1 aliphatic carbocycles. The molecule has 0 saturated heterocycles. The zero-order valence-electron chi connectivity index (χ0n) is 16.1. The van der Waals surface area contributed by atoms with Gasteiger partial charge in [0.15, 0.2) is 0 Å². The Hall–Kier alpha value is -0.980. The third-order valence-electron chi connectivity index (χ3n) is 5.71. The first-order valence-corrected chi connectivity index (χ1v) is 10.5. The number of aryl methyl sites for hydroxylation is 1. The molecule has 0 unspecified atom stereocenters. The van der Waals surface area contributed by atoms with E-state index in [1.807, 2.05) is 0 Å². The van der Waals surface area contributed by atoms with Gasteiger partial charge in [0.25, 0.3) is 0 Å². The van der Waals surface area contributed by atoms with Crippen molar-refractivity contribution in [1.82, 2.24) is 0 Å². The summed E-state index contributed by atoms with van der Waals surface area (Å²) in [6, 6.07) is 8.82. The summed E-state index contributed by atoms with van der Waals surface area (Å²) in [6.45, 7) is 5.35. The first kappa shape index (κ1) is 19.3. The zero-order valence-corrected chi connectivity index (χ0v) is 16.1. The molecule has 0 atom stereocenters. The van der Waals surface area contributed by atoms with E-state index < -0.39 is 0 Å². The number of benzene rings is 1. The van der Waals surface area contributed by atoms with Crippen LogP contribution in [-0.4, -0.2) is 6.61 Å². The molecule has 1 saturated carbocycles. The van der Waals surface area contributed by atoms with Crippen LogP contribution in [-0.2, 0) is 6.42 Å². The van der Waals surface area contributed by atoms with E-state index in [-0.39, 0.29) is 0 Å². The van der Waals surface area contributed by atoms with Crippen LogP contribution in [0, 0.1) is 11.8 Å². The van der Waals surface area contributed by atoms with Crippen LogP contribution in [0.25, 0.3) is 0 Å². The first-order chi connectivity index (χ1) is 11.8. The van der Waals surface area contributed by atoms with Crippen molar-refractivity contribution in [1.29, 1.82) is 0 Å². The highest BCUT2D eigenvalue weighted by Gasteiger charge is 2.20. The number of hydrogen-bond acceptors (Lipinski definition) is 1. The van der Waals surface area contributed by atoms with E-state index in [4.69, 9.17) is 4.74 Å². The third-order valence-corrected chi connectivity index (χ3v) is 5.71. The van der Waals surface area contributed by atoms with E-state index in [1.54, 1.807) is 0 Å². The maximum absolute atomic E-state index is 5.75. The van der Waals surface area contributed by atoms with E-state index in [0.717, 1.165) is 30.6 Å². The second-order valence-electron chi connectivity index (χ2n) is 7.77. The Bertz CT molecular complexity index is 414. The quantitative estimate of drug-likeness (QED) is 0.390. The standard InChI is InChI=1S/C23H38O/c1-3-5-7-8-20-9-11-21(12-10-20)13-14-22-15-17-23(18-16-22)24-19-6-4-2/h15-18,20-21H,3-14,19H2,1-2H3. The fraction of sp³-hybridized carbons (Fsp3) is 0.739. The lowest BCUT2D eigenvalue weighted by Gasteiger charge is -2.28. The Labute approximate surface area is 150 Å². The highest BCUT2D eigenvalue weighted by molar-refractivity contribution is 5.27. The molecule has 0 aliphatic heterocycles. The van der Waals surface area contributed by atoms with Crippen LogP contribution < -0.4 is 4.74 Å². The summed E-state index contributed by atoms with van der Waals surface area (Å²) in [5, 5.41) is 0. The summed E-state index contributed by atoms with van der Waals surface area (Å²) in [6.07, 6.45) is 16.6. The van der Waals surface area contributed by atoms with Gasteiger partial charge in [-0.1, -0.05) is 83.8 Å². The predicted molar refractivity (Wildman–Crippen MR) is 105 cm³/mol. The van der Waals surface area contributed by atoms with Crippen molar-refractivity contribution in [3.05, 3.63) is 29.8 Å². The maximum Gasteiger partial charge on any atom is 0.119 e. The topological polar surface area (TPSA) is 9.23 Å². The Balaban J connectivity index is 1.62. The number of hydrogen-bond donors (Lipinski definition) is 0. The van der Waals surface area contributed by atoms with Crippen molar-refractivity contribution in [2.24, 2.45) is 11.8 Å². The molecule has 0 spiro atoms. The molecule has 0 aromatic heterocycles. The van der Waals surface area contributed by atoms with Crippen LogP contribution in [0.2, 0.25) is 0 Å². The number of ether oxygens (including phenoxy) is 1. The Morgan fingerprint density at radius 2 is 1.42 bits per heavy atom. The third kappa shape index (κ3) is 7.28. The normalized spacial score (nSPS) is 20.9. The lowest BCUT2D eigenvalue weighted by Crippen LogP contribution is -2.15. The first-order valence-electron chi connectivity index (χ1n) is 10.5. The van der Waals surface area contributed by atoms with E-state index >= 15 is 0 Å². The lowest BCUT2D eigenvalue weighted by molar-refractivity contribution is 0.249. The van der Waals surface area contributed by atoms with E-state index in [9.17, 15) is 0 Å². The fourth-order valence-electron chi connectivity index (χ4n) is 3.95. The SMILES string of the molecule is CCCCCC1CCC(CCc2ccc(OCCCC)cc2)CC1. The van der Waals surface area contributed by atoms with Crippen LogP contribution >= 0.6 is 0 Å². The monoisotopic (exact) mass is 330 g/mol. The summed E-state index contributed by atoms with van der Waals surface area (Å²) in [5.41, 5.74) is 1.47. The minimum atomic E-state index is 0.845. The van der Waals surface area contributed by atoms with Crippen LogP contribution in [0.1, 0.15) is 90.0 Å². The molecule has 0 N–H and O–H groups in total. The van der Waals surface area contributed by atoms with Crippen molar-refractivity contribution in [3.63, 3.8) is 0 Å². The summed E-state index contributed by atoms with van der Waals surface area (Å²) in [7, 11) is 0. The average Bonchev–Trinajstić information content (AvgIpc) is 2.63. The molecular formula is C23H38O. The Kier molecular flexibility index (Phi) is 9.31. The molecule has 1 nitrogen and oxygen atoms in total. The Morgan fingerprint density at radius 1 is 0.792 bits per heavy atom. The van der Waals surface area contributed by atoms with Gasteiger partial charge in [0.1, 0.15) is 5.75 Å². The molecule has 0 radical (unpaired) electrons. The van der Waals surface area contributed by atoms with E-state index in [1.165, 1.54) is 76.2 Å². The highest BCUT2D eigenvalue weighted by Crippen LogP contribution is 2.34. The summed E-state index contributed by atoms with van der Waals surface area (Å²) in [4.78, 5) is 0. The molecule has 2 rings (SSSR count). The van der Waals surface area contributed by atoms with Gasteiger partial charge in [-0.2, -0.15) is 0 Å². The molecule has 1 heteroatoms. The van der Waals surface area contributed by atoms with E-state index in [0.29, 0.717) is 0 Å². The zero-order chi connectivity index (χ0) is 17.0. The minimum Gasteiger partial charge on any atom is -0.494 e. The van der Waals surface area contributed by atoms with Crippen molar-refractivity contribution in [2.75, 3.05) is 6.61 Å². The largest absolute Gasteiger partial charge is 0.494 e. The molecule has 136 valence electrons. The van der Waals surface area contributed by atoms with Gasteiger partial charge in [0.2, 0.25) is 0 Å². The molecule has 1 aromatic carbocycles. The van der Waals surface area contributed by atoms with Gasteiger partial charge in [0, 0.05) is 0 Å². The van der Waals surface area contributed by atoms with Crippen molar-refractivity contribution in [2.45, 2.75) is 90.9 Å². The molecule has 1 fully saturated rings. The molecular weight excluding hydrogens is 292 g/mol. The van der Waals surface area contributed by atoms with Crippen LogP contribution in [0.15, 0.2) is 24.3 Å². The van der Waals surface area contributed by atoms with Crippen molar-refractivity contribution >= 4 is 0 Å². The average molecular weight is 331 g/mol. The van der Waals surface area contributed by atoms with Gasteiger partial charge in [-0.15, -0.1) is 0 Å². The number of rotatable bonds is 11. The Morgan fingerprint density at radius 3 is 2.04 bits per heavy atom. The summed E-state index contributed by atoms with van der Waals surface area (Å²) >= 11 is 0. The second-order valence-corrected chi connectivity index (χ2v) is 7.77. The van der Waals surface area contributed by atoms with Gasteiger partial charge in [-0.05, 0) is 48.8 Å². The van der Waals surface area contributed by atoms with Crippen molar-refractivity contribution in [3.8, 4) is 5.75 Å². The van der Waals surface area contributed by atoms with Gasteiger partial charge in [0.05, 0.1) is 6.61 Å². The summed E-state index contributed by atoms with van der Waals surface area (Å²) < 4.78 is 5.75. The van der Waals surface area contributed by atoms with Crippen LogP contribution in [0.4, 0.5) is 0 Å². The predicted octanol–water partition coefficient (Wildman–Crippen LogP) is 7.18. The second kappa shape index (κ2) is 11.6. The number of unbranched alkanes of at least 4 members (excludes halogenated alkanes) is 3. The van der Waals surface area contributed by atoms with Crippen molar-refractivity contribution < 1.29 is 4.74 Å². The fourth-order valence-corrected chi connectivity index (χ4v) is 3.95. The van der Waals surface area contributed by atoms with Crippen LogP contribution in [0.3, 0.4) is 0 Å². The van der Waals surface area contributed by atoms with Gasteiger partial charge < -0.3 is 4.74 Å². The molecule has 24 heavy (non-hydrogen) atoms.